The van der Waals surface area contributed by atoms with Gasteiger partial charge in [-0.25, -0.2) is 0 Å². The number of thiophene rings is 1. The number of hydrogen-bond donors (Lipinski definition) is 0. The van der Waals surface area contributed by atoms with Crippen molar-refractivity contribution in [3.8, 4) is 0 Å². The lowest BCUT2D eigenvalue weighted by atomic mass is 10.2. The zero-order chi connectivity index (χ0) is 9.42. The molecule has 0 fully saturated rings. The Hall–Kier alpha value is -0.340. The summed E-state index contributed by atoms with van der Waals surface area (Å²) in [5, 5.41) is 0.868. The molecule has 0 aliphatic heterocycles. The molecule has 3 heteroatoms. The van der Waals surface area contributed by atoms with E-state index in [1.54, 1.807) is 18.3 Å². The van der Waals surface area contributed by atoms with E-state index >= 15 is 0 Å². The van der Waals surface area contributed by atoms with Crippen LogP contribution in [0.5, 0.6) is 0 Å². The molecule has 1 heterocycles. The molecule has 1 aliphatic rings. The van der Waals surface area contributed by atoms with Crippen molar-refractivity contribution in [1.82, 2.24) is 0 Å². The van der Waals surface area contributed by atoms with Gasteiger partial charge >= 0.3 is 0 Å². The van der Waals surface area contributed by atoms with Crippen molar-refractivity contribution in [3.05, 3.63) is 20.3 Å². The lowest BCUT2D eigenvalue weighted by molar-refractivity contribution is -0.116. The molecular formula is C10H11ClOS. The van der Waals surface area contributed by atoms with Crippen molar-refractivity contribution < 1.29 is 4.79 Å². The second-order valence-corrected chi connectivity index (χ2v) is 5.04. The summed E-state index contributed by atoms with van der Waals surface area (Å²) in [6.07, 6.45) is 3.98. The van der Waals surface area contributed by atoms with E-state index in [-0.39, 0.29) is 5.78 Å². The third kappa shape index (κ3) is 1.65. The number of Topliss-reactive ketones (excluding diaryl/α,β-unsaturated/α-hetero) is 1. The van der Waals surface area contributed by atoms with Crippen LogP contribution in [0.3, 0.4) is 0 Å². The van der Waals surface area contributed by atoms with E-state index in [2.05, 4.69) is 0 Å². The Morgan fingerprint density at radius 3 is 2.92 bits per heavy atom. The quantitative estimate of drug-likeness (QED) is 0.740. The number of ketones is 1. The third-order valence-corrected chi connectivity index (χ3v) is 4.19. The Kier molecular flexibility index (Phi) is 2.43. The van der Waals surface area contributed by atoms with Crippen LogP contribution in [0.1, 0.15) is 28.7 Å². The topological polar surface area (TPSA) is 17.1 Å². The number of rotatable bonds is 2. The van der Waals surface area contributed by atoms with Crippen LogP contribution in [-0.4, -0.2) is 5.78 Å². The van der Waals surface area contributed by atoms with Crippen LogP contribution in [-0.2, 0) is 24.1 Å². The summed E-state index contributed by atoms with van der Waals surface area (Å²) in [5.41, 5.74) is 1.31. The first-order valence-corrected chi connectivity index (χ1v) is 5.66. The maximum atomic E-state index is 10.9. The number of aryl methyl sites for hydroxylation is 1. The minimum atomic E-state index is 0.196. The van der Waals surface area contributed by atoms with Crippen molar-refractivity contribution in [3.63, 3.8) is 0 Å². The average molecular weight is 215 g/mol. The average Bonchev–Trinajstić information content (AvgIpc) is 2.56. The summed E-state index contributed by atoms with van der Waals surface area (Å²) in [4.78, 5) is 13.4. The van der Waals surface area contributed by atoms with Crippen molar-refractivity contribution in [1.29, 1.82) is 0 Å². The van der Waals surface area contributed by atoms with Gasteiger partial charge in [0.25, 0.3) is 0 Å². The third-order valence-electron chi connectivity index (χ3n) is 2.33. The van der Waals surface area contributed by atoms with Gasteiger partial charge in [-0.15, -0.1) is 11.3 Å². The maximum absolute atomic E-state index is 10.9. The Morgan fingerprint density at radius 1 is 1.54 bits per heavy atom. The molecule has 1 aromatic heterocycles. The normalized spacial score (nSPS) is 14.6. The van der Waals surface area contributed by atoms with Gasteiger partial charge < -0.3 is 0 Å². The minimum absolute atomic E-state index is 0.196. The van der Waals surface area contributed by atoms with E-state index in [1.165, 1.54) is 16.9 Å². The van der Waals surface area contributed by atoms with Crippen molar-refractivity contribution in [2.75, 3.05) is 0 Å². The number of fused-ring (bicyclic) bond motifs is 1. The molecule has 0 bridgehead atoms. The van der Waals surface area contributed by atoms with Crippen LogP contribution in [0.25, 0.3) is 0 Å². The summed E-state index contributed by atoms with van der Waals surface area (Å²) in [5.74, 6) is 0.196. The number of hydrogen-bond acceptors (Lipinski definition) is 2. The van der Waals surface area contributed by atoms with Gasteiger partial charge in [0.1, 0.15) is 5.78 Å². The van der Waals surface area contributed by atoms with E-state index in [0.717, 1.165) is 22.7 Å². The second-order valence-electron chi connectivity index (χ2n) is 3.47. The first-order valence-electron chi connectivity index (χ1n) is 4.47. The highest BCUT2D eigenvalue weighted by atomic mass is 35.5. The van der Waals surface area contributed by atoms with E-state index in [9.17, 15) is 4.79 Å². The number of halogens is 1. The first-order chi connectivity index (χ1) is 6.18. The summed E-state index contributed by atoms with van der Waals surface area (Å²) >= 11 is 7.90. The zero-order valence-corrected chi connectivity index (χ0v) is 9.10. The Balaban J connectivity index is 2.33. The maximum Gasteiger partial charge on any atom is 0.135 e. The Labute approximate surface area is 86.7 Å². The van der Waals surface area contributed by atoms with Gasteiger partial charge in [0.15, 0.2) is 0 Å². The van der Waals surface area contributed by atoms with Crippen LogP contribution < -0.4 is 0 Å². The van der Waals surface area contributed by atoms with Crippen LogP contribution >= 0.6 is 22.9 Å². The van der Waals surface area contributed by atoms with Gasteiger partial charge in [0, 0.05) is 16.2 Å². The summed E-state index contributed by atoms with van der Waals surface area (Å²) in [6, 6.07) is 0. The van der Waals surface area contributed by atoms with Crippen LogP contribution in [0, 0.1) is 0 Å². The molecule has 0 unspecified atom stereocenters. The fourth-order valence-corrected chi connectivity index (χ4v) is 3.57. The highest BCUT2D eigenvalue weighted by Crippen LogP contribution is 2.38. The molecule has 0 atom stereocenters. The lowest BCUT2D eigenvalue weighted by Crippen LogP contribution is -1.94. The summed E-state index contributed by atoms with van der Waals surface area (Å²) in [6.45, 7) is 1.61. The molecule has 0 N–H and O–H groups in total. The molecule has 1 nitrogen and oxygen atoms in total. The van der Waals surface area contributed by atoms with E-state index in [4.69, 9.17) is 11.6 Å². The van der Waals surface area contributed by atoms with Gasteiger partial charge in [-0.3, -0.25) is 4.79 Å². The van der Waals surface area contributed by atoms with Crippen LogP contribution in [0.2, 0.25) is 5.02 Å². The predicted octanol–water partition coefficient (Wildman–Crippen LogP) is 3.02. The van der Waals surface area contributed by atoms with Crippen molar-refractivity contribution in [2.24, 2.45) is 0 Å². The highest BCUT2D eigenvalue weighted by molar-refractivity contribution is 7.13. The minimum Gasteiger partial charge on any atom is -0.300 e. The van der Waals surface area contributed by atoms with Gasteiger partial charge in [-0.05, 0) is 31.7 Å². The largest absolute Gasteiger partial charge is 0.300 e. The van der Waals surface area contributed by atoms with Gasteiger partial charge in [0.05, 0.1) is 5.02 Å². The zero-order valence-electron chi connectivity index (χ0n) is 7.52. The smallest absolute Gasteiger partial charge is 0.135 e. The first kappa shape index (κ1) is 9.22. The van der Waals surface area contributed by atoms with Crippen molar-refractivity contribution in [2.45, 2.75) is 32.6 Å². The van der Waals surface area contributed by atoms with Gasteiger partial charge in [-0.2, -0.15) is 0 Å². The molecule has 2 rings (SSSR count). The van der Waals surface area contributed by atoms with E-state index in [1.807, 2.05) is 0 Å². The second kappa shape index (κ2) is 3.43. The number of carbonyl (C=O) groups excluding carboxylic acids is 1. The summed E-state index contributed by atoms with van der Waals surface area (Å²) < 4.78 is 0. The molecular weight excluding hydrogens is 204 g/mol. The van der Waals surface area contributed by atoms with E-state index < -0.39 is 0 Å². The van der Waals surface area contributed by atoms with Crippen LogP contribution in [0.15, 0.2) is 0 Å². The number of carbonyl (C=O) groups is 1. The molecule has 0 aromatic carbocycles. The van der Waals surface area contributed by atoms with Crippen LogP contribution in [0.4, 0.5) is 0 Å². The Morgan fingerprint density at radius 2 is 2.31 bits per heavy atom. The molecule has 1 aliphatic carbocycles. The van der Waals surface area contributed by atoms with Gasteiger partial charge in [-0.1, -0.05) is 11.6 Å². The molecule has 1 aromatic rings. The van der Waals surface area contributed by atoms with Gasteiger partial charge in [0.2, 0.25) is 0 Å². The lowest BCUT2D eigenvalue weighted by Gasteiger charge is -1.95. The predicted molar refractivity (Wildman–Crippen MR) is 55.7 cm³/mol. The monoisotopic (exact) mass is 214 g/mol. The molecule has 13 heavy (non-hydrogen) atoms. The molecule has 70 valence electrons. The summed E-state index contributed by atoms with van der Waals surface area (Å²) in [7, 11) is 0. The fourth-order valence-electron chi connectivity index (χ4n) is 1.76. The van der Waals surface area contributed by atoms with Crippen molar-refractivity contribution >= 4 is 28.7 Å². The molecule has 0 spiro atoms. The SMILES string of the molecule is CC(=O)Cc1sc2c(c1Cl)CCC2. The highest BCUT2D eigenvalue weighted by Gasteiger charge is 2.20. The van der Waals surface area contributed by atoms with E-state index in [0.29, 0.717) is 6.42 Å². The molecule has 0 saturated carbocycles. The molecule has 0 radical (unpaired) electrons. The fraction of sp³-hybridized carbons (Fsp3) is 0.500. The standard InChI is InChI=1S/C10H11ClOS/c1-6(12)5-9-10(11)7-3-2-4-8(7)13-9/h2-5H2,1H3. The Bertz CT molecular complexity index is 354. The molecule has 0 saturated heterocycles. The molecule has 0 amide bonds.